The van der Waals surface area contributed by atoms with E-state index in [1.165, 1.54) is 17.7 Å². The van der Waals surface area contributed by atoms with Crippen LogP contribution in [0.2, 0.25) is 0 Å². The maximum atomic E-state index is 12.6. The Labute approximate surface area is 204 Å². The number of nitrogens with one attached hydrogen (secondary N) is 1. The summed E-state index contributed by atoms with van der Waals surface area (Å²) in [6.45, 7) is 5.06. The van der Waals surface area contributed by atoms with Crippen molar-refractivity contribution in [1.82, 2.24) is 20.4 Å². The molecular weight excluding hydrogens is 452 g/mol. The van der Waals surface area contributed by atoms with Crippen molar-refractivity contribution in [2.75, 3.05) is 33.9 Å². The molecule has 1 aliphatic heterocycles. The first-order valence-electron chi connectivity index (χ1n) is 11.7. The van der Waals surface area contributed by atoms with Gasteiger partial charge in [-0.2, -0.15) is 4.98 Å². The fourth-order valence-electron chi connectivity index (χ4n) is 4.20. The van der Waals surface area contributed by atoms with E-state index in [9.17, 15) is 4.79 Å². The lowest BCUT2D eigenvalue weighted by atomic mass is 9.97. The molecule has 1 amide bonds. The second kappa shape index (κ2) is 11.5. The Morgan fingerprint density at radius 3 is 2.74 bits per heavy atom. The van der Waals surface area contributed by atoms with Crippen LogP contribution in [0.1, 0.15) is 43.0 Å². The number of piperidine rings is 1. The minimum absolute atomic E-state index is 0.0159. The standard InChI is InChI=1S/C25H32N4O4S/c1-17-10-12-29(13-11-17)19(22-5-4-14-34-22)16-26-23(30)8-9-24-27-25(28-33-24)18-6-7-20(31-2)21(15-18)32-3/h4-7,14-15,17,19H,8-13,16H2,1-3H3,(H,26,30)/t19-/m1/s1. The average Bonchev–Trinajstić information content (AvgIpc) is 3.56. The Kier molecular flexibility index (Phi) is 8.18. The third kappa shape index (κ3) is 5.95. The van der Waals surface area contributed by atoms with Crippen LogP contribution in [0.3, 0.4) is 0 Å². The van der Waals surface area contributed by atoms with Crippen LogP contribution in [0.15, 0.2) is 40.2 Å². The number of nitrogens with zero attached hydrogens (tertiary/aromatic N) is 3. The molecule has 3 heterocycles. The number of ether oxygens (including phenoxy) is 2. The van der Waals surface area contributed by atoms with Gasteiger partial charge in [0.2, 0.25) is 17.6 Å². The largest absolute Gasteiger partial charge is 0.493 e. The zero-order valence-corrected chi connectivity index (χ0v) is 20.8. The van der Waals surface area contributed by atoms with E-state index in [2.05, 4.69) is 44.8 Å². The number of hydrogen-bond acceptors (Lipinski definition) is 8. The maximum Gasteiger partial charge on any atom is 0.227 e. The minimum atomic E-state index is -0.0159. The number of carbonyl (C=O) groups is 1. The lowest BCUT2D eigenvalue weighted by Crippen LogP contribution is -2.41. The highest BCUT2D eigenvalue weighted by molar-refractivity contribution is 7.10. The van der Waals surface area contributed by atoms with Crippen molar-refractivity contribution in [2.45, 2.75) is 38.6 Å². The number of aryl methyl sites for hydroxylation is 1. The molecule has 1 fully saturated rings. The third-order valence-corrected chi connectivity index (χ3v) is 7.27. The number of amides is 1. The second-order valence-corrected chi connectivity index (χ2v) is 9.61. The Balaban J connectivity index is 1.31. The van der Waals surface area contributed by atoms with Crippen molar-refractivity contribution in [3.8, 4) is 22.9 Å². The summed E-state index contributed by atoms with van der Waals surface area (Å²) in [7, 11) is 3.17. The van der Waals surface area contributed by atoms with Crippen molar-refractivity contribution in [3.05, 3.63) is 46.5 Å². The quantitative estimate of drug-likeness (QED) is 0.458. The zero-order chi connectivity index (χ0) is 23.9. The molecule has 0 aliphatic carbocycles. The molecule has 0 bridgehead atoms. The Morgan fingerprint density at radius 1 is 1.24 bits per heavy atom. The van der Waals surface area contributed by atoms with E-state index in [4.69, 9.17) is 14.0 Å². The molecule has 2 aromatic heterocycles. The normalized spacial score (nSPS) is 15.7. The summed E-state index contributed by atoms with van der Waals surface area (Å²) in [5.74, 6) is 2.86. The van der Waals surface area contributed by atoms with Crippen molar-refractivity contribution >= 4 is 17.2 Å². The van der Waals surface area contributed by atoms with Crippen molar-refractivity contribution < 1.29 is 18.8 Å². The number of likely N-dealkylation sites (tertiary alicyclic amines) is 1. The molecule has 1 aromatic carbocycles. The first kappa shape index (κ1) is 24.2. The molecule has 4 rings (SSSR count). The monoisotopic (exact) mass is 484 g/mol. The average molecular weight is 485 g/mol. The molecule has 182 valence electrons. The number of aromatic nitrogens is 2. The first-order chi connectivity index (χ1) is 16.6. The number of carbonyl (C=O) groups excluding carboxylic acids is 1. The molecule has 1 aliphatic rings. The number of thiophene rings is 1. The van der Waals surface area contributed by atoms with Crippen LogP contribution in [-0.2, 0) is 11.2 Å². The molecular formula is C25H32N4O4S. The number of hydrogen-bond donors (Lipinski definition) is 1. The van der Waals surface area contributed by atoms with Gasteiger partial charge in [0.15, 0.2) is 11.5 Å². The van der Waals surface area contributed by atoms with Gasteiger partial charge in [0, 0.05) is 29.8 Å². The topological polar surface area (TPSA) is 89.7 Å². The van der Waals surface area contributed by atoms with Crippen LogP contribution in [0.25, 0.3) is 11.4 Å². The first-order valence-corrected chi connectivity index (χ1v) is 12.5. The highest BCUT2D eigenvalue weighted by atomic mass is 32.1. The van der Waals surface area contributed by atoms with Crippen LogP contribution >= 0.6 is 11.3 Å². The second-order valence-electron chi connectivity index (χ2n) is 8.64. The summed E-state index contributed by atoms with van der Waals surface area (Å²) in [6.07, 6.45) is 3.09. The van der Waals surface area contributed by atoms with Gasteiger partial charge in [-0.05, 0) is 61.5 Å². The van der Waals surface area contributed by atoms with Gasteiger partial charge >= 0.3 is 0 Å². The van der Waals surface area contributed by atoms with E-state index in [-0.39, 0.29) is 11.9 Å². The zero-order valence-electron chi connectivity index (χ0n) is 20.0. The van der Waals surface area contributed by atoms with Gasteiger partial charge in [0.1, 0.15) is 0 Å². The molecule has 8 nitrogen and oxygen atoms in total. The molecule has 0 radical (unpaired) electrons. The van der Waals surface area contributed by atoms with Crippen molar-refractivity contribution in [2.24, 2.45) is 5.92 Å². The highest BCUT2D eigenvalue weighted by Gasteiger charge is 2.25. The SMILES string of the molecule is COc1ccc(-c2noc(CCC(=O)NC[C@H](c3cccs3)N3CCC(C)CC3)n2)cc1OC. The molecule has 9 heteroatoms. The van der Waals surface area contributed by atoms with Gasteiger partial charge in [-0.15, -0.1) is 11.3 Å². The van der Waals surface area contributed by atoms with Crippen LogP contribution in [0, 0.1) is 5.92 Å². The van der Waals surface area contributed by atoms with E-state index in [0.717, 1.165) is 24.6 Å². The van der Waals surface area contributed by atoms with Gasteiger partial charge in [-0.1, -0.05) is 18.1 Å². The van der Waals surface area contributed by atoms with Crippen LogP contribution in [0.4, 0.5) is 0 Å². The summed E-state index contributed by atoms with van der Waals surface area (Å²) in [5.41, 5.74) is 0.756. The lowest BCUT2D eigenvalue weighted by Gasteiger charge is -2.36. The van der Waals surface area contributed by atoms with Crippen LogP contribution in [-0.4, -0.2) is 54.8 Å². The van der Waals surface area contributed by atoms with E-state index in [1.807, 2.05) is 6.07 Å². The van der Waals surface area contributed by atoms with Crippen molar-refractivity contribution in [3.63, 3.8) is 0 Å². The van der Waals surface area contributed by atoms with Crippen LogP contribution in [0.5, 0.6) is 11.5 Å². The molecule has 34 heavy (non-hydrogen) atoms. The van der Waals surface area contributed by atoms with Gasteiger partial charge in [-0.25, -0.2) is 0 Å². The molecule has 1 atom stereocenters. The number of rotatable bonds is 10. The molecule has 0 spiro atoms. The Bertz CT molecular complexity index is 1060. The number of benzene rings is 1. The van der Waals surface area contributed by atoms with Gasteiger partial charge in [-0.3, -0.25) is 9.69 Å². The molecule has 0 unspecified atom stereocenters. The Morgan fingerprint density at radius 2 is 2.03 bits per heavy atom. The van der Waals surface area contributed by atoms with Crippen LogP contribution < -0.4 is 14.8 Å². The summed E-state index contributed by atoms with van der Waals surface area (Å²) in [5, 5.41) is 9.27. The number of methoxy groups -OCH3 is 2. The van der Waals surface area contributed by atoms with Gasteiger partial charge in [0.25, 0.3) is 0 Å². The maximum absolute atomic E-state index is 12.6. The van der Waals surface area contributed by atoms with E-state index >= 15 is 0 Å². The fourth-order valence-corrected chi connectivity index (χ4v) is 5.06. The van der Waals surface area contributed by atoms with E-state index < -0.39 is 0 Å². The highest BCUT2D eigenvalue weighted by Crippen LogP contribution is 2.31. The smallest absolute Gasteiger partial charge is 0.227 e. The predicted octanol–water partition coefficient (Wildman–Crippen LogP) is 4.34. The summed E-state index contributed by atoms with van der Waals surface area (Å²) < 4.78 is 16.0. The predicted molar refractivity (Wildman–Crippen MR) is 131 cm³/mol. The molecule has 1 N–H and O–H groups in total. The lowest BCUT2D eigenvalue weighted by molar-refractivity contribution is -0.121. The summed E-state index contributed by atoms with van der Waals surface area (Å²) in [6, 6.07) is 9.89. The molecule has 0 saturated carbocycles. The summed E-state index contributed by atoms with van der Waals surface area (Å²) >= 11 is 1.75. The fraction of sp³-hybridized carbons (Fsp3) is 0.480. The third-order valence-electron chi connectivity index (χ3n) is 6.30. The Hall–Kier alpha value is -2.91. The van der Waals surface area contributed by atoms with E-state index in [0.29, 0.717) is 42.6 Å². The minimum Gasteiger partial charge on any atom is -0.493 e. The van der Waals surface area contributed by atoms with Gasteiger partial charge < -0.3 is 19.3 Å². The molecule has 1 saturated heterocycles. The summed E-state index contributed by atoms with van der Waals surface area (Å²) in [4.78, 5) is 20.8. The van der Waals surface area contributed by atoms with Crippen molar-refractivity contribution in [1.29, 1.82) is 0 Å². The molecule has 3 aromatic rings. The van der Waals surface area contributed by atoms with E-state index in [1.54, 1.807) is 37.7 Å². The van der Waals surface area contributed by atoms with Gasteiger partial charge in [0.05, 0.1) is 20.3 Å².